The number of halogens is 4. The SMILES string of the molecule is CC(C)OC[N+]1(C(C)(C)C)CCCC1.[F][Al-]([F])([F])[F]. The molecule has 1 saturated heterocycles. The number of ether oxygens (including phenoxy) is 1. The van der Waals surface area contributed by atoms with E-state index in [2.05, 4.69) is 34.6 Å². The van der Waals surface area contributed by atoms with Gasteiger partial charge in [-0.1, -0.05) is 0 Å². The highest BCUT2D eigenvalue weighted by Gasteiger charge is 2.43. The van der Waals surface area contributed by atoms with Crippen LogP contribution in [0.25, 0.3) is 0 Å². The Kier molecular flexibility index (Phi) is 7.32. The van der Waals surface area contributed by atoms with Gasteiger partial charge in [0.25, 0.3) is 0 Å². The monoisotopic (exact) mass is 303 g/mol. The Bertz CT molecular complexity index is 251. The van der Waals surface area contributed by atoms with Crippen molar-refractivity contribution < 1.29 is 23.3 Å². The van der Waals surface area contributed by atoms with Gasteiger partial charge in [0, 0.05) is 12.8 Å². The van der Waals surface area contributed by atoms with Gasteiger partial charge < -0.3 is 18.8 Å². The maximum absolute atomic E-state index is 9.85. The molecule has 1 aliphatic heterocycles. The van der Waals surface area contributed by atoms with Crippen LogP contribution in [0.1, 0.15) is 47.5 Å². The van der Waals surface area contributed by atoms with Crippen molar-refractivity contribution in [2.24, 2.45) is 0 Å². The number of hydrogen-bond acceptors (Lipinski definition) is 1. The van der Waals surface area contributed by atoms with Crippen molar-refractivity contribution in [3.8, 4) is 0 Å². The molecule has 1 heterocycles. The predicted molar refractivity (Wildman–Crippen MR) is 70.3 cm³/mol. The van der Waals surface area contributed by atoms with Gasteiger partial charge in [-0.05, 0) is 34.6 Å². The van der Waals surface area contributed by atoms with Crippen molar-refractivity contribution in [1.29, 1.82) is 0 Å². The Morgan fingerprint density at radius 3 is 1.68 bits per heavy atom. The minimum absolute atomic E-state index is 0.325. The molecule has 0 saturated carbocycles. The third kappa shape index (κ3) is 8.13. The van der Waals surface area contributed by atoms with E-state index in [-0.39, 0.29) is 0 Å². The van der Waals surface area contributed by atoms with Crippen LogP contribution in [0.2, 0.25) is 0 Å². The van der Waals surface area contributed by atoms with Crippen molar-refractivity contribution in [2.45, 2.75) is 59.1 Å². The molecule has 0 N–H and O–H groups in total. The third-order valence-corrected chi connectivity index (χ3v) is 3.50. The first-order valence-corrected chi connectivity index (χ1v) is 8.47. The molecular formula is C12H26AlF4NO. The first-order chi connectivity index (χ1) is 8.37. The third-order valence-electron chi connectivity index (χ3n) is 3.50. The van der Waals surface area contributed by atoms with E-state index in [4.69, 9.17) is 4.74 Å². The zero-order chi connectivity index (χ0) is 15.3. The lowest BCUT2D eigenvalue weighted by Gasteiger charge is -2.45. The van der Waals surface area contributed by atoms with E-state index in [9.17, 15) is 14.1 Å². The van der Waals surface area contributed by atoms with Gasteiger partial charge in [-0.3, -0.25) is 4.48 Å². The van der Waals surface area contributed by atoms with Crippen molar-refractivity contribution in [2.75, 3.05) is 19.8 Å². The summed E-state index contributed by atoms with van der Waals surface area (Å²) in [5, 5.41) is 0. The number of nitrogens with zero attached hydrogens (tertiary/aromatic N) is 1. The molecule has 1 fully saturated rings. The fourth-order valence-electron chi connectivity index (χ4n) is 2.23. The fourth-order valence-corrected chi connectivity index (χ4v) is 2.23. The zero-order valence-electron chi connectivity index (χ0n) is 12.6. The van der Waals surface area contributed by atoms with Crippen LogP contribution in [0.3, 0.4) is 0 Å². The van der Waals surface area contributed by atoms with E-state index in [0.29, 0.717) is 11.6 Å². The average molecular weight is 303 g/mol. The van der Waals surface area contributed by atoms with Crippen LogP contribution in [-0.2, 0) is 4.74 Å². The molecule has 116 valence electrons. The maximum atomic E-state index is 9.85. The molecule has 0 atom stereocenters. The van der Waals surface area contributed by atoms with E-state index in [1.54, 1.807) is 0 Å². The van der Waals surface area contributed by atoms with Gasteiger partial charge in [-0.2, -0.15) is 0 Å². The minimum atomic E-state index is -6.83. The van der Waals surface area contributed by atoms with E-state index in [1.165, 1.54) is 25.9 Å². The van der Waals surface area contributed by atoms with Crippen LogP contribution in [0, 0.1) is 0 Å². The zero-order valence-corrected chi connectivity index (χ0v) is 13.7. The molecule has 1 aliphatic rings. The highest BCUT2D eigenvalue weighted by atomic mass is 27.5. The largest absolute Gasteiger partial charge is 1.04 e. The molecule has 1 rings (SSSR count). The summed E-state index contributed by atoms with van der Waals surface area (Å²) in [7, 11) is 0. The van der Waals surface area contributed by atoms with Crippen LogP contribution in [-0.4, -0.2) is 50.9 Å². The lowest BCUT2D eigenvalue weighted by molar-refractivity contribution is -0.977. The van der Waals surface area contributed by atoms with E-state index >= 15 is 0 Å². The van der Waals surface area contributed by atoms with Gasteiger partial charge in [0.1, 0.15) is 0 Å². The molecule has 0 spiro atoms. The highest BCUT2D eigenvalue weighted by molar-refractivity contribution is 6.50. The predicted octanol–water partition coefficient (Wildman–Crippen LogP) is 4.08. The van der Waals surface area contributed by atoms with Gasteiger partial charge in [-0.25, -0.2) is 0 Å². The molecule has 19 heavy (non-hydrogen) atoms. The van der Waals surface area contributed by atoms with Crippen LogP contribution in [0.15, 0.2) is 0 Å². The van der Waals surface area contributed by atoms with Crippen molar-refractivity contribution >= 4 is 14.9 Å². The van der Waals surface area contributed by atoms with Crippen molar-refractivity contribution in [1.82, 2.24) is 0 Å². The number of hydrogen-bond donors (Lipinski definition) is 0. The van der Waals surface area contributed by atoms with E-state index < -0.39 is 14.9 Å². The summed E-state index contributed by atoms with van der Waals surface area (Å²) in [5.74, 6) is 0. The Morgan fingerprint density at radius 1 is 1.05 bits per heavy atom. The summed E-state index contributed by atoms with van der Waals surface area (Å²) >= 11 is -6.83. The van der Waals surface area contributed by atoms with Crippen molar-refractivity contribution in [3.63, 3.8) is 0 Å². The maximum Gasteiger partial charge on any atom is 1.04 e. The van der Waals surface area contributed by atoms with Gasteiger partial charge >= 0.3 is 14.9 Å². The summed E-state index contributed by atoms with van der Waals surface area (Å²) < 4.78 is 46.4. The second kappa shape index (κ2) is 7.26. The average Bonchev–Trinajstić information content (AvgIpc) is 2.60. The van der Waals surface area contributed by atoms with Gasteiger partial charge in [-0.15, -0.1) is 0 Å². The molecule has 2 nitrogen and oxygen atoms in total. The van der Waals surface area contributed by atoms with E-state index in [0.717, 1.165) is 11.2 Å². The van der Waals surface area contributed by atoms with Crippen LogP contribution in [0.5, 0.6) is 0 Å². The Hall–Kier alpha value is 0.172. The topological polar surface area (TPSA) is 9.23 Å². The molecule has 0 aromatic rings. The smallest absolute Gasteiger partial charge is 0.510 e. The number of likely N-dealkylation sites (tertiary alicyclic amines) is 1. The highest BCUT2D eigenvalue weighted by Crippen LogP contribution is 2.31. The van der Waals surface area contributed by atoms with Gasteiger partial charge in [0.15, 0.2) is 6.73 Å². The molecule has 0 aromatic carbocycles. The standard InChI is InChI=1S/C12H26NO.Al.4FH/c1-11(2)14-10-13(12(3,4)5)8-6-7-9-13;;;;;/h11H,6-10H2,1-5H3;;4*1H/q+1;+3;;;;/p-4. The molecule has 0 radical (unpaired) electrons. The summed E-state index contributed by atoms with van der Waals surface area (Å²) in [6.07, 6.45) is 3.07. The summed E-state index contributed by atoms with van der Waals surface area (Å²) in [6.45, 7) is 14.7. The summed E-state index contributed by atoms with van der Waals surface area (Å²) in [5.41, 5.74) is 0.325. The lowest BCUT2D eigenvalue weighted by Crippen LogP contribution is -2.59. The first-order valence-electron chi connectivity index (χ1n) is 6.72. The van der Waals surface area contributed by atoms with Crippen LogP contribution < -0.4 is 0 Å². The molecule has 0 bridgehead atoms. The second-order valence-electron chi connectivity index (χ2n) is 6.31. The van der Waals surface area contributed by atoms with E-state index in [1.807, 2.05) is 0 Å². The van der Waals surface area contributed by atoms with Gasteiger partial charge in [0.2, 0.25) is 0 Å². The number of quaternary nitrogens is 1. The quantitative estimate of drug-likeness (QED) is 0.434. The van der Waals surface area contributed by atoms with Crippen LogP contribution >= 0.6 is 0 Å². The van der Waals surface area contributed by atoms with Gasteiger partial charge in [0.05, 0.1) is 24.7 Å². The minimum Gasteiger partial charge on any atom is -0.510 e. The summed E-state index contributed by atoms with van der Waals surface area (Å²) in [4.78, 5) is 0. The molecule has 0 amide bonds. The molecule has 0 aliphatic carbocycles. The lowest BCUT2D eigenvalue weighted by atomic mass is 10.0. The normalized spacial score (nSPS) is 19.3. The Morgan fingerprint density at radius 2 is 1.42 bits per heavy atom. The Balaban J connectivity index is 0.000000555. The first kappa shape index (κ1) is 19.2. The second-order valence-corrected chi connectivity index (χ2v) is 7.30. The molecule has 7 heteroatoms. The molecule has 0 unspecified atom stereocenters. The van der Waals surface area contributed by atoms with Crippen LogP contribution in [0.4, 0.5) is 14.1 Å². The Labute approximate surface area is 117 Å². The molecule has 0 aromatic heterocycles. The number of rotatable bonds is 3. The molecular weight excluding hydrogens is 277 g/mol. The fraction of sp³-hybridized carbons (Fsp3) is 1.00. The van der Waals surface area contributed by atoms with Crippen molar-refractivity contribution in [3.05, 3.63) is 0 Å². The summed E-state index contributed by atoms with van der Waals surface area (Å²) in [6, 6.07) is 0.